The van der Waals surface area contributed by atoms with Gasteiger partial charge in [-0.25, -0.2) is 9.97 Å². The van der Waals surface area contributed by atoms with E-state index in [1.54, 1.807) is 6.20 Å². The van der Waals surface area contributed by atoms with Crippen LogP contribution >= 0.6 is 0 Å². The Kier molecular flexibility index (Phi) is 3.25. The lowest BCUT2D eigenvalue weighted by molar-refractivity contribution is 1.25. The van der Waals surface area contributed by atoms with Gasteiger partial charge in [0.05, 0.1) is 18.0 Å². The van der Waals surface area contributed by atoms with Crippen molar-refractivity contribution < 1.29 is 0 Å². The van der Waals surface area contributed by atoms with Gasteiger partial charge in [0.25, 0.3) is 0 Å². The predicted molar refractivity (Wildman–Crippen MR) is 77.8 cm³/mol. The number of benzene rings is 1. The van der Waals surface area contributed by atoms with Crippen LogP contribution in [0.1, 0.15) is 5.56 Å². The van der Waals surface area contributed by atoms with Gasteiger partial charge in [-0.15, -0.1) is 0 Å². The molecule has 0 radical (unpaired) electrons. The molecule has 0 spiro atoms. The minimum absolute atomic E-state index is 0.667. The van der Waals surface area contributed by atoms with E-state index in [-0.39, 0.29) is 0 Å². The molecule has 0 aliphatic carbocycles. The van der Waals surface area contributed by atoms with Gasteiger partial charge < -0.3 is 4.98 Å². The van der Waals surface area contributed by atoms with Gasteiger partial charge in [0.15, 0.2) is 5.65 Å². The minimum Gasteiger partial charge on any atom is -0.345 e. The molecular weight excluding hydrogens is 248 g/mol. The molecule has 0 unspecified atom stereocenters. The average Bonchev–Trinajstić information content (AvgIpc) is 2.91. The van der Waals surface area contributed by atoms with Crippen LogP contribution in [-0.4, -0.2) is 15.0 Å². The second-order valence-electron chi connectivity index (χ2n) is 4.37. The molecule has 4 nitrogen and oxygen atoms in total. The van der Waals surface area contributed by atoms with Gasteiger partial charge in [0.2, 0.25) is 0 Å². The molecule has 0 aliphatic rings. The maximum atomic E-state index is 8.53. The molecule has 0 saturated carbocycles. The highest BCUT2D eigenvalue weighted by Crippen LogP contribution is 2.21. The van der Waals surface area contributed by atoms with Crippen molar-refractivity contribution in [1.29, 1.82) is 5.26 Å². The first kappa shape index (κ1) is 12.1. The van der Waals surface area contributed by atoms with E-state index in [4.69, 9.17) is 5.26 Å². The number of aromatic nitrogens is 3. The molecule has 2 heterocycles. The van der Waals surface area contributed by atoms with Crippen LogP contribution in [0, 0.1) is 11.3 Å². The lowest BCUT2D eigenvalue weighted by Gasteiger charge is -2.00. The Morgan fingerprint density at radius 2 is 2.10 bits per heavy atom. The van der Waals surface area contributed by atoms with E-state index in [2.05, 4.69) is 15.0 Å². The van der Waals surface area contributed by atoms with Gasteiger partial charge in [0, 0.05) is 23.4 Å². The van der Waals surface area contributed by atoms with Crippen LogP contribution in [0.15, 0.2) is 54.9 Å². The molecule has 96 valence electrons. The number of hydrogen-bond acceptors (Lipinski definition) is 3. The molecule has 0 saturated heterocycles. The molecule has 3 aromatic rings. The molecule has 4 heteroatoms. The van der Waals surface area contributed by atoms with Crippen molar-refractivity contribution >= 4 is 11.2 Å². The fourth-order valence-corrected chi connectivity index (χ4v) is 2.08. The number of rotatable bonds is 3. The van der Waals surface area contributed by atoms with Crippen molar-refractivity contribution in [2.24, 2.45) is 0 Å². The Labute approximate surface area is 116 Å². The van der Waals surface area contributed by atoms with Crippen molar-refractivity contribution in [3.63, 3.8) is 0 Å². The monoisotopic (exact) mass is 260 g/mol. The molecule has 2 aromatic heterocycles. The van der Waals surface area contributed by atoms with Crippen molar-refractivity contribution in [3.8, 4) is 17.3 Å². The first-order chi connectivity index (χ1) is 9.88. The second kappa shape index (κ2) is 5.37. The summed E-state index contributed by atoms with van der Waals surface area (Å²) in [6.07, 6.45) is 7.62. The van der Waals surface area contributed by atoms with Crippen LogP contribution in [0.3, 0.4) is 0 Å². The van der Waals surface area contributed by atoms with Gasteiger partial charge >= 0.3 is 0 Å². The number of nitrogens with one attached hydrogen (secondary N) is 1. The largest absolute Gasteiger partial charge is 0.345 e. The Balaban J connectivity index is 2.04. The zero-order valence-electron chi connectivity index (χ0n) is 10.7. The van der Waals surface area contributed by atoms with E-state index >= 15 is 0 Å². The summed E-state index contributed by atoms with van der Waals surface area (Å²) in [7, 11) is 0. The SMILES string of the molecule is N#CC=CCc1c[nH]c2ncc(-c3ccccc3)nc12. The molecule has 0 amide bonds. The van der Waals surface area contributed by atoms with Crippen molar-refractivity contribution in [3.05, 3.63) is 60.4 Å². The molecule has 0 fully saturated rings. The van der Waals surface area contributed by atoms with Crippen LogP contribution in [-0.2, 0) is 6.42 Å². The van der Waals surface area contributed by atoms with Gasteiger partial charge in [-0.2, -0.15) is 5.26 Å². The summed E-state index contributed by atoms with van der Waals surface area (Å²) < 4.78 is 0. The number of aromatic amines is 1. The maximum absolute atomic E-state index is 8.53. The van der Waals surface area contributed by atoms with Crippen molar-refractivity contribution in [1.82, 2.24) is 15.0 Å². The van der Waals surface area contributed by atoms with E-state index in [0.29, 0.717) is 6.42 Å². The fourth-order valence-electron chi connectivity index (χ4n) is 2.08. The van der Waals surface area contributed by atoms with Gasteiger partial charge in [-0.05, 0) is 6.42 Å². The molecule has 0 aliphatic heterocycles. The summed E-state index contributed by atoms with van der Waals surface area (Å²) in [4.78, 5) is 12.2. The first-order valence-corrected chi connectivity index (χ1v) is 6.31. The number of allylic oxidation sites excluding steroid dienone is 2. The quantitative estimate of drug-likeness (QED) is 0.735. The van der Waals surface area contributed by atoms with E-state index in [1.165, 1.54) is 6.08 Å². The van der Waals surface area contributed by atoms with Crippen LogP contribution in [0.5, 0.6) is 0 Å². The summed E-state index contributed by atoms with van der Waals surface area (Å²) >= 11 is 0. The highest BCUT2D eigenvalue weighted by molar-refractivity contribution is 5.78. The second-order valence-corrected chi connectivity index (χ2v) is 4.37. The third-order valence-corrected chi connectivity index (χ3v) is 3.06. The van der Waals surface area contributed by atoms with E-state index < -0.39 is 0 Å². The number of fused-ring (bicyclic) bond motifs is 1. The summed E-state index contributed by atoms with van der Waals surface area (Å²) in [6, 6.07) is 12.0. The van der Waals surface area contributed by atoms with Crippen LogP contribution in [0.2, 0.25) is 0 Å². The minimum atomic E-state index is 0.667. The number of nitrogens with zero attached hydrogens (tertiary/aromatic N) is 3. The zero-order chi connectivity index (χ0) is 13.8. The lowest BCUT2D eigenvalue weighted by atomic mass is 10.1. The average molecular weight is 260 g/mol. The molecule has 20 heavy (non-hydrogen) atoms. The molecular formula is C16H12N4. The normalized spacial score (nSPS) is 10.9. The predicted octanol–water partition coefficient (Wildman–Crippen LogP) is 3.25. The molecule has 0 bridgehead atoms. The summed E-state index contributed by atoms with van der Waals surface area (Å²) in [5.74, 6) is 0. The Bertz CT molecular complexity index is 794. The summed E-state index contributed by atoms with van der Waals surface area (Å²) in [5.41, 5.74) is 4.56. The van der Waals surface area contributed by atoms with E-state index in [1.807, 2.05) is 48.7 Å². The third kappa shape index (κ3) is 2.29. The highest BCUT2D eigenvalue weighted by Gasteiger charge is 2.07. The zero-order valence-corrected chi connectivity index (χ0v) is 10.7. The van der Waals surface area contributed by atoms with Crippen molar-refractivity contribution in [2.75, 3.05) is 0 Å². The standard InChI is InChI=1S/C16H12N4/c17-9-5-4-8-13-10-18-16-15(13)20-14(11-19-16)12-6-2-1-3-7-12/h1-7,10-11H,8H2,(H,18,19). The summed E-state index contributed by atoms with van der Waals surface area (Å²) in [6.45, 7) is 0. The number of H-pyrrole nitrogens is 1. The number of nitriles is 1. The first-order valence-electron chi connectivity index (χ1n) is 6.31. The van der Waals surface area contributed by atoms with Crippen LogP contribution in [0.25, 0.3) is 22.4 Å². The van der Waals surface area contributed by atoms with Gasteiger partial charge in [-0.3, -0.25) is 0 Å². The van der Waals surface area contributed by atoms with Crippen LogP contribution in [0.4, 0.5) is 0 Å². The van der Waals surface area contributed by atoms with Crippen LogP contribution < -0.4 is 0 Å². The van der Waals surface area contributed by atoms with Gasteiger partial charge in [0.1, 0.15) is 5.52 Å². The molecule has 1 aromatic carbocycles. The molecule has 1 N–H and O–H groups in total. The Morgan fingerprint density at radius 1 is 1.25 bits per heavy atom. The van der Waals surface area contributed by atoms with E-state index in [0.717, 1.165) is 28.0 Å². The smallest absolute Gasteiger partial charge is 0.156 e. The summed E-state index contributed by atoms with van der Waals surface area (Å²) in [5, 5.41) is 8.53. The Hall–Kier alpha value is -2.93. The van der Waals surface area contributed by atoms with Crippen molar-refractivity contribution in [2.45, 2.75) is 6.42 Å². The number of hydrogen-bond donors (Lipinski definition) is 1. The lowest BCUT2D eigenvalue weighted by Crippen LogP contribution is -1.89. The maximum Gasteiger partial charge on any atom is 0.156 e. The van der Waals surface area contributed by atoms with Gasteiger partial charge in [-0.1, -0.05) is 36.4 Å². The molecule has 3 rings (SSSR count). The Morgan fingerprint density at radius 3 is 2.90 bits per heavy atom. The fraction of sp³-hybridized carbons (Fsp3) is 0.0625. The topological polar surface area (TPSA) is 65.4 Å². The molecule has 0 atom stereocenters. The highest BCUT2D eigenvalue weighted by atomic mass is 14.9. The van der Waals surface area contributed by atoms with E-state index in [9.17, 15) is 0 Å². The third-order valence-electron chi connectivity index (χ3n) is 3.06.